The van der Waals surface area contributed by atoms with E-state index in [4.69, 9.17) is 16.3 Å². The standard InChI is InChI=1S/C78H116ClF4N13O13/c1-13-50(4)67-74(106)90(7)45-65(99)88(5)46-66(100)92(9)60(40-51-25-17-14-18-26-51)72(104)89(6)44-63(97)85-58(32-30-52-29-31-56(57(79)39-52)78(81,82)83)71(103)94(11)62(48-109-47-53-38-55(80)43-84-42-53)70(102)87-77(33-21-22-34-77)76(108)95(12)68(54-27-19-15-20-28-54)75(107)93(10)61(73(105)96-35-23-16-24-36-96)41-64(98)91(8)59(37-49(2)3)69(101)86-67/h29,31,38-39,42-43,49-51,54,58-62,67-68H,13-28,30,32-37,40-41,44-48H2,1-12H3,(H,85,97)(H,86,101)(H,87,102)/t50-,58-,59-,60-,61-,62-,67-,68-/m0/s1. The lowest BCUT2D eigenvalue weighted by Gasteiger charge is -2.43. The van der Waals surface area contributed by atoms with E-state index in [-0.39, 0.29) is 68.1 Å². The Morgan fingerprint density at radius 1 is 0.633 bits per heavy atom. The molecule has 3 saturated carbocycles. The molecule has 1 aromatic carbocycles. The van der Waals surface area contributed by atoms with Gasteiger partial charge >= 0.3 is 6.18 Å². The van der Waals surface area contributed by atoms with Gasteiger partial charge in [0.1, 0.15) is 53.6 Å². The molecule has 0 radical (unpaired) electrons. The number of carbonyl (C=O) groups excluding carboxylic acids is 12. The van der Waals surface area contributed by atoms with Crippen molar-refractivity contribution in [2.75, 3.05) is 95.7 Å². The normalized spacial score (nSPS) is 25.2. The van der Waals surface area contributed by atoms with Crippen LogP contribution in [0.2, 0.25) is 5.02 Å². The van der Waals surface area contributed by atoms with Gasteiger partial charge in [-0.15, -0.1) is 0 Å². The maximum atomic E-state index is 16.0. The van der Waals surface area contributed by atoms with E-state index in [2.05, 4.69) is 20.9 Å². The van der Waals surface area contributed by atoms with Crippen LogP contribution in [0.1, 0.15) is 186 Å². The summed E-state index contributed by atoms with van der Waals surface area (Å²) >= 11 is 6.20. The Labute approximate surface area is 644 Å². The SMILES string of the molecule is CC[C@H](C)[C@@H]1NC(=O)[C@H](CC(C)C)N(C)C(=O)C[C@@H](C(=O)N2CCCCC2)N(C)C(=O)[C@H](C2CCCCC2)N(C)C(=O)C2(CCCC2)NC(=O)[C@H](COCc2cncc(F)c2)N(C)C(=O)[C@H](CCc2ccc(C(F)(F)F)c(Cl)c2)NC(=O)CN(C)C(=O)[C@H](CC2CCCCC2)N(C)C(=O)CN(C)C(=O)CN(C)C1=O. The number of halogens is 5. The fourth-order valence-corrected chi connectivity index (χ4v) is 16.2. The summed E-state index contributed by atoms with van der Waals surface area (Å²) in [5.74, 6) is -10.6. The van der Waals surface area contributed by atoms with Gasteiger partial charge in [0.25, 0.3) is 0 Å². The Balaban J connectivity index is 1.34. The van der Waals surface area contributed by atoms with Crippen LogP contribution >= 0.6 is 11.6 Å². The van der Waals surface area contributed by atoms with Crippen molar-refractivity contribution in [2.45, 2.75) is 236 Å². The zero-order valence-corrected chi connectivity index (χ0v) is 66.5. The summed E-state index contributed by atoms with van der Waals surface area (Å²) in [6.45, 7) is 5.18. The van der Waals surface area contributed by atoms with Gasteiger partial charge in [0.15, 0.2) is 0 Å². The Kier molecular flexibility index (Phi) is 32.6. The molecule has 26 nitrogen and oxygen atoms in total. The molecule has 3 N–H and O–H groups in total. The molecule has 2 saturated heterocycles. The third-order valence-corrected chi connectivity index (χ3v) is 23.2. The van der Waals surface area contributed by atoms with Crippen LogP contribution in [0, 0.1) is 29.5 Å². The molecule has 0 unspecified atom stereocenters. The van der Waals surface area contributed by atoms with Gasteiger partial charge in [0.05, 0.1) is 56.1 Å². The number of nitrogens with zero attached hydrogens (tertiary/aromatic N) is 10. The highest BCUT2D eigenvalue weighted by atomic mass is 35.5. The van der Waals surface area contributed by atoms with Crippen molar-refractivity contribution >= 4 is 82.5 Å². The molecule has 109 heavy (non-hydrogen) atoms. The van der Waals surface area contributed by atoms with Gasteiger partial charge in [0, 0.05) is 75.7 Å². The van der Waals surface area contributed by atoms with Crippen LogP contribution in [0.15, 0.2) is 36.7 Å². The van der Waals surface area contributed by atoms with Gasteiger partial charge in [-0.3, -0.25) is 62.5 Å². The number of ether oxygens (including phenoxy) is 1. The van der Waals surface area contributed by atoms with Crippen LogP contribution < -0.4 is 16.0 Å². The zero-order chi connectivity index (χ0) is 80.4. The number of carbonyl (C=O) groups is 12. The number of likely N-dealkylation sites (tertiary alicyclic amines) is 1. The van der Waals surface area contributed by atoms with E-state index >= 15 is 28.8 Å². The third-order valence-electron chi connectivity index (χ3n) is 22.9. The number of aryl methyl sites for hydroxylation is 1. The minimum atomic E-state index is -4.81. The molecule has 606 valence electrons. The predicted octanol–water partition coefficient (Wildman–Crippen LogP) is 7.01. The molecule has 1 aromatic heterocycles. The van der Waals surface area contributed by atoms with Crippen molar-refractivity contribution < 1.29 is 79.8 Å². The summed E-state index contributed by atoms with van der Waals surface area (Å²) in [7, 11) is 11.1. The Bertz CT molecular complexity index is 3530. The number of hydrogen-bond donors (Lipinski definition) is 3. The minimum absolute atomic E-state index is 0.0268. The van der Waals surface area contributed by atoms with Crippen molar-refractivity contribution in [1.82, 2.24) is 65.0 Å². The molecule has 3 heterocycles. The molecular formula is C78H116ClF4N13O13. The summed E-state index contributed by atoms with van der Waals surface area (Å²) in [5.41, 5.74) is -2.41. The van der Waals surface area contributed by atoms with Gasteiger partial charge in [-0.2, -0.15) is 13.2 Å². The molecule has 8 atom stereocenters. The average molecular weight is 1560 g/mol. The van der Waals surface area contributed by atoms with Crippen molar-refractivity contribution in [2.24, 2.45) is 23.7 Å². The molecule has 1 spiro atoms. The fraction of sp³-hybridized carbons (Fsp3) is 0.705. The van der Waals surface area contributed by atoms with E-state index in [1.165, 1.54) is 88.2 Å². The van der Waals surface area contributed by atoms with Crippen molar-refractivity contribution in [1.29, 1.82) is 0 Å². The fourth-order valence-electron chi connectivity index (χ4n) is 15.9. The molecule has 3 aliphatic carbocycles. The van der Waals surface area contributed by atoms with Crippen LogP contribution in [0.3, 0.4) is 0 Å². The van der Waals surface area contributed by atoms with E-state index in [0.29, 0.717) is 70.9 Å². The maximum Gasteiger partial charge on any atom is 0.417 e. The Morgan fingerprint density at radius 3 is 1.84 bits per heavy atom. The van der Waals surface area contributed by atoms with E-state index in [9.17, 15) is 46.3 Å². The molecule has 2 aromatic rings. The number of benzene rings is 1. The highest BCUT2D eigenvalue weighted by Crippen LogP contribution is 2.38. The number of rotatable bonds is 15. The maximum absolute atomic E-state index is 16.0. The largest absolute Gasteiger partial charge is 0.417 e. The summed E-state index contributed by atoms with van der Waals surface area (Å²) in [6, 6.07) is -5.47. The summed E-state index contributed by atoms with van der Waals surface area (Å²) in [6.07, 6.45) is 7.51. The van der Waals surface area contributed by atoms with Crippen LogP contribution in [-0.2, 0) is 81.5 Å². The quantitative estimate of drug-likeness (QED) is 0.151. The number of aromatic nitrogens is 1. The smallest absolute Gasteiger partial charge is 0.374 e. The summed E-state index contributed by atoms with van der Waals surface area (Å²) < 4.78 is 62.7. The minimum Gasteiger partial charge on any atom is -0.374 e. The average Bonchev–Trinajstić information content (AvgIpc) is 1.35. The van der Waals surface area contributed by atoms with E-state index < -0.39 is 186 Å². The second kappa shape index (κ2) is 40.3. The number of pyridine rings is 1. The number of amides is 12. The number of alkyl halides is 3. The highest BCUT2D eigenvalue weighted by Gasteiger charge is 2.51. The lowest BCUT2D eigenvalue weighted by Crippen LogP contribution is -2.66. The van der Waals surface area contributed by atoms with Crippen LogP contribution in [0.25, 0.3) is 0 Å². The molecule has 7 rings (SSSR count). The van der Waals surface area contributed by atoms with Gasteiger partial charge in [0.2, 0.25) is 70.9 Å². The first-order valence-corrected chi connectivity index (χ1v) is 39.2. The lowest BCUT2D eigenvalue weighted by molar-refractivity contribution is -0.157. The molecule has 5 fully saturated rings. The summed E-state index contributed by atoms with van der Waals surface area (Å²) in [4.78, 5) is 196. The van der Waals surface area contributed by atoms with E-state index in [1.54, 1.807) is 11.8 Å². The first-order chi connectivity index (χ1) is 51.5. The van der Waals surface area contributed by atoms with Gasteiger partial charge in [-0.25, -0.2) is 4.39 Å². The first-order valence-electron chi connectivity index (χ1n) is 38.8. The molecule has 12 amide bonds. The molecule has 31 heteroatoms. The second-order valence-corrected chi connectivity index (χ2v) is 31.9. The Hall–Kier alpha value is -8.02. The number of nitrogens with one attached hydrogen (secondary N) is 3. The lowest BCUT2D eigenvalue weighted by atomic mass is 9.81. The predicted molar refractivity (Wildman–Crippen MR) is 399 cm³/mol. The Morgan fingerprint density at radius 2 is 1.24 bits per heavy atom. The van der Waals surface area contributed by atoms with Crippen LogP contribution in [-0.4, -0.2) is 264 Å². The van der Waals surface area contributed by atoms with Crippen molar-refractivity contribution in [3.8, 4) is 0 Å². The zero-order valence-electron chi connectivity index (χ0n) is 65.7. The van der Waals surface area contributed by atoms with Gasteiger partial charge < -0.3 is 64.8 Å². The second-order valence-electron chi connectivity index (χ2n) is 31.5. The van der Waals surface area contributed by atoms with E-state index in [1.807, 2.05) is 20.8 Å². The topological polar surface area (TPSA) is 292 Å². The first kappa shape index (κ1) is 88.2. The third kappa shape index (κ3) is 23.5. The molecule has 5 aliphatic rings. The van der Waals surface area contributed by atoms with E-state index in [0.717, 1.165) is 88.9 Å². The number of hydrogen-bond acceptors (Lipinski definition) is 14. The number of likely N-dealkylation sites (N-methyl/N-ethyl adjacent to an activating group) is 8. The van der Waals surface area contributed by atoms with Gasteiger partial charge in [-0.1, -0.05) is 116 Å². The van der Waals surface area contributed by atoms with Crippen LogP contribution in [0.5, 0.6) is 0 Å². The number of piperidine rings is 1. The van der Waals surface area contributed by atoms with Crippen LogP contribution in [0.4, 0.5) is 17.6 Å². The van der Waals surface area contributed by atoms with Crippen molar-refractivity contribution in [3.05, 3.63) is 64.2 Å². The molecule has 2 aliphatic heterocycles. The van der Waals surface area contributed by atoms with Crippen molar-refractivity contribution in [3.63, 3.8) is 0 Å². The summed E-state index contributed by atoms with van der Waals surface area (Å²) in [5, 5.41) is 7.98. The highest BCUT2D eigenvalue weighted by molar-refractivity contribution is 6.31. The molecule has 0 bridgehead atoms. The van der Waals surface area contributed by atoms with Gasteiger partial charge in [-0.05, 0) is 124 Å². The monoisotopic (exact) mass is 1550 g/mol. The molecular weight excluding hydrogens is 1440 g/mol.